The highest BCUT2D eigenvalue weighted by Crippen LogP contribution is 2.31. The Bertz CT molecular complexity index is 821. The molecule has 0 spiro atoms. The Morgan fingerprint density at radius 1 is 1.26 bits per heavy atom. The zero-order valence-electron chi connectivity index (χ0n) is 14.3. The lowest BCUT2D eigenvalue weighted by Gasteiger charge is -2.38. The second kappa shape index (κ2) is 7.22. The summed E-state index contributed by atoms with van der Waals surface area (Å²) < 4.78 is 41.1. The van der Waals surface area contributed by atoms with Gasteiger partial charge in [-0.05, 0) is 26.0 Å². The van der Waals surface area contributed by atoms with Crippen LogP contribution in [0.2, 0.25) is 0 Å². The van der Waals surface area contributed by atoms with Crippen LogP contribution in [0.1, 0.15) is 13.8 Å². The van der Waals surface area contributed by atoms with Gasteiger partial charge in [0.15, 0.2) is 11.7 Å². The Morgan fingerprint density at radius 2 is 1.89 bits per heavy atom. The maximum absolute atomic E-state index is 12.7. The minimum Gasteiger partial charge on any atom is -0.406 e. The van der Waals surface area contributed by atoms with Crippen LogP contribution in [0.5, 0.6) is 5.75 Å². The topological polar surface area (TPSA) is 84.0 Å². The average Bonchev–Trinajstić information content (AvgIpc) is 2.52. The summed E-state index contributed by atoms with van der Waals surface area (Å²) in [5.74, 6) is -5.40. The summed E-state index contributed by atoms with van der Waals surface area (Å²) in [5.41, 5.74) is -0.272. The molecule has 1 fully saturated rings. The first-order valence-corrected chi connectivity index (χ1v) is 7.67. The van der Waals surface area contributed by atoms with Gasteiger partial charge in [-0.2, -0.15) is 0 Å². The van der Waals surface area contributed by atoms with Crippen molar-refractivity contribution in [2.24, 2.45) is 5.92 Å². The van der Waals surface area contributed by atoms with Crippen molar-refractivity contribution in [3.8, 4) is 5.75 Å². The van der Waals surface area contributed by atoms with Crippen molar-refractivity contribution in [1.82, 2.24) is 4.90 Å². The summed E-state index contributed by atoms with van der Waals surface area (Å²) in [5, 5.41) is 0. The van der Waals surface area contributed by atoms with E-state index in [2.05, 4.69) is 11.3 Å². The van der Waals surface area contributed by atoms with Gasteiger partial charge in [0.1, 0.15) is 5.75 Å². The number of ether oxygens (including phenoxy) is 1. The van der Waals surface area contributed by atoms with E-state index in [9.17, 15) is 32.3 Å². The molecule has 1 aliphatic heterocycles. The number of amides is 4. The number of barbiturate groups is 1. The summed E-state index contributed by atoms with van der Waals surface area (Å²) in [7, 11) is 0. The van der Waals surface area contributed by atoms with Gasteiger partial charge in [0.25, 0.3) is 11.8 Å². The third-order valence-electron chi connectivity index (χ3n) is 3.81. The van der Waals surface area contributed by atoms with E-state index in [1.807, 2.05) is 0 Å². The molecule has 1 aromatic rings. The summed E-state index contributed by atoms with van der Waals surface area (Å²) in [6, 6.07) is 2.16. The van der Waals surface area contributed by atoms with E-state index in [-0.39, 0.29) is 5.69 Å². The van der Waals surface area contributed by atoms with Gasteiger partial charge in [-0.25, -0.2) is 9.69 Å². The number of urea groups is 1. The molecule has 0 N–H and O–H groups in total. The fourth-order valence-electron chi connectivity index (χ4n) is 2.56. The zero-order valence-corrected chi connectivity index (χ0v) is 14.3. The van der Waals surface area contributed by atoms with E-state index in [0.29, 0.717) is 9.80 Å². The zero-order chi connectivity index (χ0) is 20.5. The number of alkyl halides is 3. The number of halogens is 3. The predicted octanol–water partition coefficient (Wildman–Crippen LogP) is 2.66. The molecule has 0 radical (unpaired) electrons. The van der Waals surface area contributed by atoms with Gasteiger partial charge in [-0.15, -0.1) is 19.8 Å². The highest BCUT2D eigenvalue weighted by molar-refractivity contribution is 6.34. The van der Waals surface area contributed by atoms with Gasteiger partial charge < -0.3 is 4.74 Å². The first kappa shape index (κ1) is 20.1. The first-order chi connectivity index (χ1) is 12.5. The van der Waals surface area contributed by atoms with Gasteiger partial charge in [0.05, 0.1) is 11.7 Å². The maximum atomic E-state index is 12.7. The number of anilines is 1. The Balaban J connectivity index is 2.53. The van der Waals surface area contributed by atoms with Gasteiger partial charge in [0, 0.05) is 6.07 Å². The Morgan fingerprint density at radius 3 is 2.41 bits per heavy atom. The molecule has 1 aliphatic rings. The first-order valence-electron chi connectivity index (χ1n) is 7.67. The lowest BCUT2D eigenvalue weighted by atomic mass is 9.97. The van der Waals surface area contributed by atoms with E-state index in [4.69, 9.17) is 0 Å². The molecular formula is C17H15F3N2O5. The fraction of sp³-hybridized carbons (Fsp3) is 0.294. The van der Waals surface area contributed by atoms with E-state index in [1.54, 1.807) is 0 Å². The predicted molar refractivity (Wildman–Crippen MR) is 86.7 cm³/mol. The van der Waals surface area contributed by atoms with Gasteiger partial charge in [0.2, 0.25) is 0 Å². The summed E-state index contributed by atoms with van der Waals surface area (Å²) in [6.07, 6.45) is -3.72. The van der Waals surface area contributed by atoms with Crippen molar-refractivity contribution in [2.75, 3.05) is 4.90 Å². The molecule has 0 aromatic heterocycles. The van der Waals surface area contributed by atoms with Crippen molar-refractivity contribution >= 4 is 29.3 Å². The molecular weight excluding hydrogens is 369 g/mol. The van der Waals surface area contributed by atoms with Crippen LogP contribution in [0.3, 0.4) is 0 Å². The number of nitrogens with zero attached hydrogens (tertiary/aromatic N) is 2. The van der Waals surface area contributed by atoms with Crippen LogP contribution in [0.15, 0.2) is 36.9 Å². The quantitative estimate of drug-likeness (QED) is 0.576. The smallest absolute Gasteiger partial charge is 0.406 e. The molecule has 4 amide bonds. The molecule has 144 valence electrons. The van der Waals surface area contributed by atoms with Crippen LogP contribution < -0.4 is 9.64 Å². The highest BCUT2D eigenvalue weighted by Gasteiger charge is 2.49. The monoisotopic (exact) mass is 384 g/mol. The number of carbonyl (C=O) groups excluding carboxylic acids is 4. The van der Waals surface area contributed by atoms with Crippen LogP contribution in [0.4, 0.5) is 23.7 Å². The van der Waals surface area contributed by atoms with Crippen LogP contribution in [-0.4, -0.2) is 40.9 Å². The highest BCUT2D eigenvalue weighted by atomic mass is 19.4. The Hall–Kier alpha value is -3.17. The molecule has 1 heterocycles. The minimum absolute atomic E-state index is 0.272. The molecule has 1 saturated heterocycles. The van der Waals surface area contributed by atoms with Gasteiger partial charge >= 0.3 is 12.4 Å². The number of carbonyl (C=O) groups is 4. The molecule has 2 rings (SSSR count). The third kappa shape index (κ3) is 3.99. The lowest BCUT2D eigenvalue weighted by molar-refractivity contribution is -0.274. The summed E-state index contributed by atoms with van der Waals surface area (Å²) >= 11 is 0. The molecule has 10 heteroatoms. The van der Waals surface area contributed by atoms with Crippen LogP contribution in [0, 0.1) is 5.92 Å². The Kier molecular flexibility index (Phi) is 5.38. The van der Waals surface area contributed by atoms with E-state index >= 15 is 0 Å². The number of ketones is 1. The molecule has 0 saturated carbocycles. The molecule has 2 atom stereocenters. The molecule has 7 nitrogen and oxygen atoms in total. The molecule has 1 aromatic carbocycles. The molecule has 0 aliphatic carbocycles. The van der Waals surface area contributed by atoms with Crippen molar-refractivity contribution in [2.45, 2.75) is 26.3 Å². The van der Waals surface area contributed by atoms with Crippen LogP contribution in [-0.2, 0) is 14.4 Å². The van der Waals surface area contributed by atoms with Crippen molar-refractivity contribution in [1.29, 1.82) is 0 Å². The number of hydrogen-bond acceptors (Lipinski definition) is 5. The SMILES string of the molecule is C=CC(C)N1C(=O)C(C(C)=O)C(=O)N(c2cccc(OC(F)(F)F)c2)C1=O. The maximum Gasteiger partial charge on any atom is 0.573 e. The fourth-order valence-corrected chi connectivity index (χ4v) is 2.56. The van der Waals surface area contributed by atoms with Crippen molar-refractivity contribution < 1.29 is 37.1 Å². The van der Waals surface area contributed by atoms with E-state index in [1.165, 1.54) is 19.1 Å². The number of hydrogen-bond donors (Lipinski definition) is 0. The second-order valence-electron chi connectivity index (χ2n) is 5.73. The number of rotatable bonds is 5. The van der Waals surface area contributed by atoms with Crippen LogP contribution >= 0.6 is 0 Å². The number of benzene rings is 1. The molecule has 0 bridgehead atoms. The van der Waals surface area contributed by atoms with E-state index in [0.717, 1.165) is 25.1 Å². The van der Waals surface area contributed by atoms with Crippen molar-refractivity contribution in [3.63, 3.8) is 0 Å². The minimum atomic E-state index is -4.98. The average molecular weight is 384 g/mol. The summed E-state index contributed by atoms with van der Waals surface area (Å²) in [6.45, 7) is 5.92. The lowest BCUT2D eigenvalue weighted by Crippen LogP contribution is -2.63. The molecule has 2 unspecified atom stereocenters. The van der Waals surface area contributed by atoms with Crippen LogP contribution in [0.25, 0.3) is 0 Å². The molecule has 27 heavy (non-hydrogen) atoms. The second-order valence-corrected chi connectivity index (χ2v) is 5.73. The third-order valence-corrected chi connectivity index (χ3v) is 3.81. The largest absolute Gasteiger partial charge is 0.573 e. The number of imide groups is 2. The van der Waals surface area contributed by atoms with Gasteiger partial charge in [-0.1, -0.05) is 12.1 Å². The van der Waals surface area contributed by atoms with Crippen molar-refractivity contribution in [3.05, 3.63) is 36.9 Å². The van der Waals surface area contributed by atoms with E-state index < -0.39 is 47.7 Å². The summed E-state index contributed by atoms with van der Waals surface area (Å²) in [4.78, 5) is 50.7. The normalized spacial score (nSPS) is 19.1. The standard InChI is InChI=1S/C17H15F3N2O5/c1-4-9(2)21-14(24)13(10(3)23)15(25)22(16(21)26)11-6-5-7-12(8-11)27-17(18,19)20/h4-9,13H,1H2,2-3H3. The Labute approximate surface area is 152 Å². The number of Topliss-reactive ketones (excluding diaryl/α,β-unsaturated/α-hetero) is 1. The van der Waals surface area contributed by atoms with Gasteiger partial charge in [-0.3, -0.25) is 19.3 Å².